The summed E-state index contributed by atoms with van der Waals surface area (Å²) in [5, 5.41) is 13.3. The lowest BCUT2D eigenvalue weighted by atomic mass is 9.95. The molecular weight excluding hydrogens is 396 g/mol. The van der Waals surface area contributed by atoms with Gasteiger partial charge in [-0.25, -0.2) is 0 Å². The first kappa shape index (κ1) is 22.3. The minimum Gasteiger partial charge on any atom is -0.352 e. The lowest BCUT2D eigenvalue weighted by molar-refractivity contribution is -0.384. The van der Waals surface area contributed by atoms with Crippen LogP contribution in [-0.2, 0) is 4.79 Å². The number of non-ortho nitro benzene ring substituents is 1. The smallest absolute Gasteiger partial charge is 0.269 e. The van der Waals surface area contributed by atoms with Crippen molar-refractivity contribution < 1.29 is 14.5 Å². The van der Waals surface area contributed by atoms with Gasteiger partial charge in [0.2, 0.25) is 5.91 Å². The standard InChI is InChI=1S/C20H22N4O4.ClH/c21-18-13-23(12-17(18)14-4-2-1-3-5-14)19(25)10-11-22-20(26)15-6-8-16(9-7-15)24(27)28;/h1-9,17-18H,10-13,21H2,(H,22,26);1H/t17-,18+;/m0./s1. The summed E-state index contributed by atoms with van der Waals surface area (Å²) >= 11 is 0. The topological polar surface area (TPSA) is 119 Å². The second-order valence-electron chi connectivity index (χ2n) is 6.79. The van der Waals surface area contributed by atoms with E-state index in [1.54, 1.807) is 4.90 Å². The molecule has 3 rings (SSSR count). The molecule has 1 heterocycles. The maximum atomic E-state index is 12.4. The normalized spacial score (nSPS) is 18.0. The summed E-state index contributed by atoms with van der Waals surface area (Å²) in [5.74, 6) is -0.319. The Morgan fingerprint density at radius 3 is 2.38 bits per heavy atom. The van der Waals surface area contributed by atoms with Crippen LogP contribution in [0.3, 0.4) is 0 Å². The molecule has 1 aliphatic rings. The Morgan fingerprint density at radius 1 is 1.10 bits per heavy atom. The van der Waals surface area contributed by atoms with Crippen molar-refractivity contribution in [3.8, 4) is 0 Å². The summed E-state index contributed by atoms with van der Waals surface area (Å²) in [4.78, 5) is 36.4. The maximum Gasteiger partial charge on any atom is 0.269 e. The third-order valence-electron chi connectivity index (χ3n) is 4.91. The number of nitro benzene ring substituents is 1. The first-order valence-corrected chi connectivity index (χ1v) is 9.06. The zero-order valence-electron chi connectivity index (χ0n) is 15.7. The number of benzene rings is 2. The molecule has 1 fully saturated rings. The molecule has 154 valence electrons. The molecule has 9 heteroatoms. The van der Waals surface area contributed by atoms with E-state index in [1.807, 2.05) is 30.3 Å². The van der Waals surface area contributed by atoms with E-state index in [0.29, 0.717) is 18.7 Å². The minimum atomic E-state index is -0.524. The van der Waals surface area contributed by atoms with Crippen LogP contribution in [0.1, 0.15) is 28.3 Å². The van der Waals surface area contributed by atoms with Crippen LogP contribution in [0, 0.1) is 10.1 Å². The van der Waals surface area contributed by atoms with E-state index in [1.165, 1.54) is 24.3 Å². The number of hydrogen-bond donors (Lipinski definition) is 2. The van der Waals surface area contributed by atoms with Gasteiger partial charge in [0, 0.05) is 55.7 Å². The highest BCUT2D eigenvalue weighted by atomic mass is 35.5. The molecule has 8 nitrogen and oxygen atoms in total. The molecule has 0 saturated carbocycles. The van der Waals surface area contributed by atoms with Crippen LogP contribution < -0.4 is 11.1 Å². The van der Waals surface area contributed by atoms with Gasteiger partial charge < -0.3 is 16.0 Å². The van der Waals surface area contributed by atoms with Crippen LogP contribution in [0.4, 0.5) is 5.69 Å². The molecule has 0 bridgehead atoms. The predicted octanol–water partition coefficient (Wildman–Crippen LogP) is 2.09. The second-order valence-corrected chi connectivity index (χ2v) is 6.79. The number of amides is 2. The molecule has 1 saturated heterocycles. The molecule has 2 amide bonds. The molecule has 3 N–H and O–H groups in total. The van der Waals surface area contributed by atoms with Crippen LogP contribution in [-0.4, -0.2) is 47.3 Å². The van der Waals surface area contributed by atoms with E-state index in [-0.39, 0.29) is 54.8 Å². The first-order valence-electron chi connectivity index (χ1n) is 9.06. The SMILES string of the molecule is Cl.N[C@@H]1CN(C(=O)CCNC(=O)c2ccc([N+](=O)[O-])cc2)C[C@H]1c1ccccc1. The lowest BCUT2D eigenvalue weighted by Crippen LogP contribution is -2.34. The minimum absolute atomic E-state index is 0. The Hall–Kier alpha value is -2.97. The van der Waals surface area contributed by atoms with E-state index in [4.69, 9.17) is 5.73 Å². The number of nitro groups is 1. The van der Waals surface area contributed by atoms with Gasteiger partial charge in [-0.2, -0.15) is 0 Å². The number of hydrogen-bond acceptors (Lipinski definition) is 5. The summed E-state index contributed by atoms with van der Waals surface area (Å²) < 4.78 is 0. The average molecular weight is 419 g/mol. The fourth-order valence-corrected chi connectivity index (χ4v) is 3.36. The van der Waals surface area contributed by atoms with Gasteiger partial charge >= 0.3 is 0 Å². The summed E-state index contributed by atoms with van der Waals surface area (Å²) in [6.07, 6.45) is 0.174. The molecule has 2 atom stereocenters. The van der Waals surface area contributed by atoms with Gasteiger partial charge in [-0.3, -0.25) is 19.7 Å². The molecular formula is C20H23ClN4O4. The molecule has 2 aromatic rings. The molecule has 0 aliphatic carbocycles. The van der Waals surface area contributed by atoms with Gasteiger partial charge in [-0.05, 0) is 17.7 Å². The first-order chi connectivity index (χ1) is 13.5. The van der Waals surface area contributed by atoms with Crippen molar-refractivity contribution in [1.82, 2.24) is 10.2 Å². The van der Waals surface area contributed by atoms with Crippen LogP contribution in [0.2, 0.25) is 0 Å². The molecule has 2 aromatic carbocycles. The summed E-state index contributed by atoms with van der Waals surface area (Å²) in [7, 11) is 0. The number of carbonyl (C=O) groups excluding carboxylic acids is 2. The zero-order chi connectivity index (χ0) is 20.1. The number of nitrogens with one attached hydrogen (secondary N) is 1. The number of likely N-dealkylation sites (tertiary alicyclic amines) is 1. The Kier molecular flexibility index (Phi) is 7.69. The second kappa shape index (κ2) is 9.99. The summed E-state index contributed by atoms with van der Waals surface area (Å²) in [6.45, 7) is 1.26. The Labute approximate surface area is 174 Å². The Balaban J connectivity index is 0.00000300. The van der Waals surface area contributed by atoms with Crippen molar-refractivity contribution in [1.29, 1.82) is 0 Å². The third kappa shape index (κ3) is 5.52. The molecule has 0 radical (unpaired) electrons. The number of rotatable bonds is 6. The van der Waals surface area contributed by atoms with E-state index >= 15 is 0 Å². The zero-order valence-corrected chi connectivity index (χ0v) is 16.5. The molecule has 0 spiro atoms. The number of nitrogens with two attached hydrogens (primary N) is 1. The fraction of sp³-hybridized carbons (Fsp3) is 0.300. The van der Waals surface area contributed by atoms with Crippen LogP contribution in [0.25, 0.3) is 0 Å². The van der Waals surface area contributed by atoms with Crippen LogP contribution in [0.15, 0.2) is 54.6 Å². The van der Waals surface area contributed by atoms with Crippen molar-refractivity contribution in [2.45, 2.75) is 18.4 Å². The highest BCUT2D eigenvalue weighted by molar-refractivity contribution is 5.94. The Morgan fingerprint density at radius 2 is 1.76 bits per heavy atom. The number of carbonyl (C=O) groups is 2. The van der Waals surface area contributed by atoms with Crippen molar-refractivity contribution in [3.63, 3.8) is 0 Å². The maximum absolute atomic E-state index is 12.4. The average Bonchev–Trinajstić information content (AvgIpc) is 3.10. The lowest BCUT2D eigenvalue weighted by Gasteiger charge is -2.16. The van der Waals surface area contributed by atoms with E-state index in [0.717, 1.165) is 5.56 Å². The highest BCUT2D eigenvalue weighted by Gasteiger charge is 2.33. The molecule has 0 unspecified atom stereocenters. The van der Waals surface area contributed by atoms with Crippen molar-refractivity contribution in [2.24, 2.45) is 5.73 Å². The van der Waals surface area contributed by atoms with Gasteiger partial charge in [-0.1, -0.05) is 30.3 Å². The fourth-order valence-electron chi connectivity index (χ4n) is 3.36. The van der Waals surface area contributed by atoms with Gasteiger partial charge in [0.1, 0.15) is 0 Å². The molecule has 1 aliphatic heterocycles. The quantitative estimate of drug-likeness (QED) is 0.550. The van der Waals surface area contributed by atoms with E-state index in [2.05, 4.69) is 5.32 Å². The predicted molar refractivity (Wildman–Crippen MR) is 111 cm³/mol. The number of halogens is 1. The van der Waals surface area contributed by atoms with E-state index < -0.39 is 4.92 Å². The van der Waals surface area contributed by atoms with Gasteiger partial charge in [0.05, 0.1) is 4.92 Å². The van der Waals surface area contributed by atoms with Gasteiger partial charge in [-0.15, -0.1) is 12.4 Å². The van der Waals surface area contributed by atoms with Crippen molar-refractivity contribution >= 4 is 29.9 Å². The third-order valence-corrected chi connectivity index (χ3v) is 4.91. The summed E-state index contributed by atoms with van der Waals surface area (Å²) in [5.41, 5.74) is 7.57. The highest BCUT2D eigenvalue weighted by Crippen LogP contribution is 2.26. The van der Waals surface area contributed by atoms with Crippen molar-refractivity contribution in [2.75, 3.05) is 19.6 Å². The summed E-state index contributed by atoms with van der Waals surface area (Å²) in [6, 6.07) is 15.1. The molecule has 29 heavy (non-hydrogen) atoms. The number of nitrogens with zero attached hydrogens (tertiary/aromatic N) is 2. The van der Waals surface area contributed by atoms with Crippen LogP contribution >= 0.6 is 12.4 Å². The van der Waals surface area contributed by atoms with Gasteiger partial charge in [0.15, 0.2) is 0 Å². The Bertz CT molecular complexity index is 861. The monoisotopic (exact) mass is 418 g/mol. The molecule has 0 aromatic heterocycles. The van der Waals surface area contributed by atoms with Gasteiger partial charge in [0.25, 0.3) is 11.6 Å². The largest absolute Gasteiger partial charge is 0.352 e. The van der Waals surface area contributed by atoms with Crippen molar-refractivity contribution in [3.05, 3.63) is 75.8 Å². The van der Waals surface area contributed by atoms with Crippen LogP contribution in [0.5, 0.6) is 0 Å². The van der Waals surface area contributed by atoms with E-state index in [9.17, 15) is 19.7 Å².